The van der Waals surface area contributed by atoms with Crippen LogP contribution in [-0.2, 0) is 12.8 Å². The van der Waals surface area contributed by atoms with Gasteiger partial charge in [0.05, 0.1) is 7.11 Å². The molecule has 2 rings (SSSR count). The predicted octanol–water partition coefficient (Wildman–Crippen LogP) is 3.71. The van der Waals surface area contributed by atoms with Gasteiger partial charge in [-0.05, 0) is 48.2 Å². The molecule has 2 aromatic carbocycles. The summed E-state index contributed by atoms with van der Waals surface area (Å²) >= 11 is 3.37. The van der Waals surface area contributed by atoms with E-state index in [1.807, 2.05) is 24.3 Å². The van der Waals surface area contributed by atoms with Crippen LogP contribution in [0.3, 0.4) is 0 Å². The van der Waals surface area contributed by atoms with Gasteiger partial charge in [0.2, 0.25) is 0 Å². The molecule has 106 valence electrons. The summed E-state index contributed by atoms with van der Waals surface area (Å²) in [5.41, 5.74) is 8.33. The van der Waals surface area contributed by atoms with Gasteiger partial charge in [0.1, 0.15) is 11.6 Å². The number of rotatable bonds is 5. The van der Waals surface area contributed by atoms with Crippen LogP contribution >= 0.6 is 15.9 Å². The second-order valence-corrected chi connectivity index (χ2v) is 5.61. The fourth-order valence-electron chi connectivity index (χ4n) is 2.14. The molecule has 2 N–H and O–H groups in total. The topological polar surface area (TPSA) is 35.2 Å². The van der Waals surface area contributed by atoms with Gasteiger partial charge in [-0.1, -0.05) is 34.1 Å². The highest BCUT2D eigenvalue weighted by Crippen LogP contribution is 2.20. The first kappa shape index (κ1) is 15.0. The molecule has 0 spiro atoms. The average molecular weight is 338 g/mol. The summed E-state index contributed by atoms with van der Waals surface area (Å²) in [6.07, 6.45) is 1.44. The van der Waals surface area contributed by atoms with E-state index in [2.05, 4.69) is 15.9 Å². The van der Waals surface area contributed by atoms with Crippen LogP contribution in [0.4, 0.5) is 4.39 Å². The Morgan fingerprint density at radius 1 is 1.20 bits per heavy atom. The quantitative estimate of drug-likeness (QED) is 0.902. The Balaban J connectivity index is 2.02. The molecule has 0 aliphatic heterocycles. The molecule has 0 aliphatic rings. The third-order valence-corrected chi connectivity index (χ3v) is 3.87. The molecule has 1 unspecified atom stereocenters. The highest BCUT2D eigenvalue weighted by atomic mass is 79.9. The van der Waals surface area contributed by atoms with Crippen LogP contribution in [0.2, 0.25) is 0 Å². The lowest BCUT2D eigenvalue weighted by molar-refractivity contribution is 0.414. The zero-order valence-corrected chi connectivity index (χ0v) is 12.9. The SMILES string of the molecule is COc1cccc(CC(N)Cc2ccc(F)cc2Br)c1. The summed E-state index contributed by atoms with van der Waals surface area (Å²) in [5, 5.41) is 0. The zero-order chi connectivity index (χ0) is 14.5. The number of benzene rings is 2. The maximum Gasteiger partial charge on any atom is 0.124 e. The van der Waals surface area contributed by atoms with E-state index >= 15 is 0 Å². The van der Waals surface area contributed by atoms with Crippen molar-refractivity contribution in [3.63, 3.8) is 0 Å². The van der Waals surface area contributed by atoms with Crippen LogP contribution < -0.4 is 10.5 Å². The van der Waals surface area contributed by atoms with E-state index in [0.717, 1.165) is 27.8 Å². The minimum absolute atomic E-state index is 0.0242. The van der Waals surface area contributed by atoms with Gasteiger partial charge in [-0.25, -0.2) is 4.39 Å². The van der Waals surface area contributed by atoms with E-state index in [-0.39, 0.29) is 11.9 Å². The van der Waals surface area contributed by atoms with Crippen LogP contribution in [-0.4, -0.2) is 13.2 Å². The van der Waals surface area contributed by atoms with Gasteiger partial charge in [-0.15, -0.1) is 0 Å². The standard InChI is InChI=1S/C16H17BrFNO/c1-20-15-4-2-3-11(8-15)7-14(19)9-12-5-6-13(18)10-16(12)17/h2-6,8,10,14H,7,9,19H2,1H3. The maximum atomic E-state index is 13.0. The number of halogens is 2. The first-order chi connectivity index (χ1) is 9.58. The Bertz CT molecular complexity index is 588. The highest BCUT2D eigenvalue weighted by molar-refractivity contribution is 9.10. The zero-order valence-electron chi connectivity index (χ0n) is 11.3. The van der Waals surface area contributed by atoms with Gasteiger partial charge in [0.25, 0.3) is 0 Å². The number of hydrogen-bond donors (Lipinski definition) is 1. The lowest BCUT2D eigenvalue weighted by Gasteiger charge is -2.13. The predicted molar refractivity (Wildman–Crippen MR) is 82.5 cm³/mol. The van der Waals surface area contributed by atoms with Gasteiger partial charge in [-0.3, -0.25) is 0 Å². The molecule has 20 heavy (non-hydrogen) atoms. The Labute approximate surface area is 126 Å². The molecule has 0 bridgehead atoms. The van der Waals surface area contributed by atoms with Crippen molar-refractivity contribution in [3.8, 4) is 5.75 Å². The van der Waals surface area contributed by atoms with Crippen molar-refractivity contribution in [3.05, 3.63) is 63.9 Å². The summed E-state index contributed by atoms with van der Waals surface area (Å²) in [4.78, 5) is 0. The molecule has 0 fully saturated rings. The van der Waals surface area contributed by atoms with Crippen molar-refractivity contribution in [2.75, 3.05) is 7.11 Å². The number of methoxy groups -OCH3 is 1. The molecular formula is C16H17BrFNO. The monoisotopic (exact) mass is 337 g/mol. The van der Waals surface area contributed by atoms with Crippen LogP contribution in [0.5, 0.6) is 5.75 Å². The van der Waals surface area contributed by atoms with E-state index < -0.39 is 0 Å². The number of ether oxygens (including phenoxy) is 1. The fourth-order valence-corrected chi connectivity index (χ4v) is 2.66. The van der Waals surface area contributed by atoms with E-state index in [0.29, 0.717) is 6.42 Å². The maximum absolute atomic E-state index is 13.0. The van der Waals surface area contributed by atoms with Gasteiger partial charge < -0.3 is 10.5 Å². The molecule has 1 atom stereocenters. The van der Waals surface area contributed by atoms with Gasteiger partial charge in [0.15, 0.2) is 0 Å². The van der Waals surface area contributed by atoms with Crippen LogP contribution in [0.1, 0.15) is 11.1 Å². The van der Waals surface area contributed by atoms with Crippen LogP contribution in [0, 0.1) is 5.82 Å². The van der Waals surface area contributed by atoms with E-state index in [9.17, 15) is 4.39 Å². The van der Waals surface area contributed by atoms with Gasteiger partial charge >= 0.3 is 0 Å². The van der Waals surface area contributed by atoms with Crippen LogP contribution in [0.25, 0.3) is 0 Å². The summed E-state index contributed by atoms with van der Waals surface area (Å²) in [6, 6.07) is 12.5. The largest absolute Gasteiger partial charge is 0.497 e. The average Bonchev–Trinajstić information content (AvgIpc) is 2.42. The summed E-state index contributed by atoms with van der Waals surface area (Å²) < 4.78 is 19.0. The lowest BCUT2D eigenvalue weighted by Crippen LogP contribution is -2.25. The molecular weight excluding hydrogens is 321 g/mol. The van der Waals surface area contributed by atoms with E-state index in [1.54, 1.807) is 13.2 Å². The van der Waals surface area contributed by atoms with Crippen molar-refractivity contribution in [1.29, 1.82) is 0 Å². The molecule has 2 nitrogen and oxygen atoms in total. The van der Waals surface area contributed by atoms with Crippen molar-refractivity contribution < 1.29 is 9.13 Å². The van der Waals surface area contributed by atoms with Gasteiger partial charge in [-0.2, -0.15) is 0 Å². The fraction of sp³-hybridized carbons (Fsp3) is 0.250. The third-order valence-electron chi connectivity index (χ3n) is 3.13. The normalized spacial score (nSPS) is 12.2. The number of hydrogen-bond acceptors (Lipinski definition) is 2. The van der Waals surface area contributed by atoms with Crippen molar-refractivity contribution in [2.24, 2.45) is 5.73 Å². The second kappa shape index (κ2) is 6.86. The first-order valence-electron chi connectivity index (χ1n) is 6.41. The number of nitrogens with two attached hydrogens (primary N) is 1. The summed E-state index contributed by atoms with van der Waals surface area (Å²) in [6.45, 7) is 0. The molecule has 0 radical (unpaired) electrons. The van der Waals surface area contributed by atoms with Crippen LogP contribution in [0.15, 0.2) is 46.9 Å². The minimum atomic E-state index is -0.248. The summed E-state index contributed by atoms with van der Waals surface area (Å²) in [7, 11) is 1.65. The molecule has 0 aliphatic carbocycles. The molecule has 0 saturated heterocycles. The molecule has 4 heteroatoms. The van der Waals surface area contributed by atoms with Gasteiger partial charge in [0, 0.05) is 10.5 Å². The van der Waals surface area contributed by atoms with Crippen molar-refractivity contribution >= 4 is 15.9 Å². The van der Waals surface area contributed by atoms with Crippen molar-refractivity contribution in [1.82, 2.24) is 0 Å². The molecule has 0 aromatic heterocycles. The van der Waals surface area contributed by atoms with Crippen molar-refractivity contribution in [2.45, 2.75) is 18.9 Å². The minimum Gasteiger partial charge on any atom is -0.497 e. The molecule has 0 heterocycles. The third kappa shape index (κ3) is 4.05. The Morgan fingerprint density at radius 3 is 2.70 bits per heavy atom. The Hall–Kier alpha value is -1.39. The Kier molecular flexibility index (Phi) is 5.15. The first-order valence-corrected chi connectivity index (χ1v) is 7.20. The van der Waals surface area contributed by atoms with E-state index in [4.69, 9.17) is 10.5 Å². The second-order valence-electron chi connectivity index (χ2n) is 4.76. The Morgan fingerprint density at radius 2 is 2.00 bits per heavy atom. The smallest absolute Gasteiger partial charge is 0.124 e. The molecule has 0 amide bonds. The van der Waals surface area contributed by atoms with E-state index in [1.165, 1.54) is 12.1 Å². The molecule has 0 saturated carbocycles. The summed E-state index contributed by atoms with van der Waals surface area (Å²) in [5.74, 6) is 0.583. The highest BCUT2D eigenvalue weighted by Gasteiger charge is 2.09. The lowest BCUT2D eigenvalue weighted by atomic mass is 9.99. The molecule has 2 aromatic rings.